The maximum Gasteiger partial charge on any atom is 0.337 e. The summed E-state index contributed by atoms with van der Waals surface area (Å²) in [7, 11) is 0. The molecule has 1 aromatic carbocycles. The number of anilines is 1. The molecule has 0 spiro atoms. The molecule has 8 nitrogen and oxygen atoms in total. The van der Waals surface area contributed by atoms with Gasteiger partial charge in [-0.1, -0.05) is 26.0 Å². The topological polar surface area (TPSA) is 101 Å². The van der Waals surface area contributed by atoms with Gasteiger partial charge in [0.2, 0.25) is 0 Å². The van der Waals surface area contributed by atoms with Gasteiger partial charge in [0.05, 0.1) is 23.6 Å². The van der Waals surface area contributed by atoms with Gasteiger partial charge in [-0.25, -0.2) is 4.79 Å². The molecule has 2 aromatic heterocycles. The van der Waals surface area contributed by atoms with Crippen LogP contribution in [0.4, 0.5) is 5.69 Å². The van der Waals surface area contributed by atoms with E-state index in [9.17, 15) is 9.90 Å². The van der Waals surface area contributed by atoms with E-state index in [2.05, 4.69) is 28.9 Å². The van der Waals surface area contributed by atoms with Gasteiger partial charge in [-0.05, 0) is 90.0 Å². The Kier molecular flexibility index (Phi) is 8.83. The molecular formula is C33H46N4O4. The van der Waals surface area contributed by atoms with Gasteiger partial charge in [-0.3, -0.25) is 10.1 Å². The number of nitrogens with one attached hydrogen (secondary N) is 1. The van der Waals surface area contributed by atoms with Gasteiger partial charge in [-0.2, -0.15) is 5.10 Å². The minimum absolute atomic E-state index is 0.245. The Morgan fingerprint density at radius 3 is 2.22 bits per heavy atom. The molecule has 1 fully saturated rings. The number of carboxylic acids is 1. The van der Waals surface area contributed by atoms with Crippen molar-refractivity contribution in [1.29, 1.82) is 0 Å². The zero-order valence-corrected chi connectivity index (χ0v) is 26.1. The molecule has 2 N–H and O–H groups in total. The van der Waals surface area contributed by atoms with E-state index in [4.69, 9.17) is 14.5 Å². The van der Waals surface area contributed by atoms with Crippen LogP contribution in [0.5, 0.6) is 5.75 Å². The number of aromatic nitrogens is 3. The van der Waals surface area contributed by atoms with Crippen molar-refractivity contribution >= 4 is 11.7 Å². The Morgan fingerprint density at radius 2 is 1.68 bits per heavy atom. The molecule has 0 saturated carbocycles. The number of hydrogen-bond acceptors (Lipinski definition) is 6. The Balaban J connectivity index is 1.73. The molecule has 1 saturated heterocycles. The maximum absolute atomic E-state index is 12.7. The summed E-state index contributed by atoms with van der Waals surface area (Å²) in [5, 5.41) is 17.7. The molecule has 222 valence electrons. The fraction of sp³-hybridized carbons (Fsp3) is 0.545. The van der Waals surface area contributed by atoms with Gasteiger partial charge in [-0.15, -0.1) is 0 Å². The van der Waals surface area contributed by atoms with Crippen LogP contribution >= 0.6 is 0 Å². The van der Waals surface area contributed by atoms with Gasteiger partial charge in [0, 0.05) is 47.7 Å². The standard InChI is InChI=1S/C33H46N4O4/c1-20-26(21(2)36-35-20)14-19-40-25-12-10-24(11-13-25)27-22(3)34-23(4)28(30(31(38)39)41-32(5,6)7)29(27)37-17-15-33(8,9)16-18-37/h10-13,30H,14-19H2,1-9H3,(H,35,36)(H,38,39). The van der Waals surface area contributed by atoms with Crippen molar-refractivity contribution in [3.63, 3.8) is 0 Å². The molecule has 0 radical (unpaired) electrons. The van der Waals surface area contributed by atoms with E-state index in [1.165, 1.54) is 5.56 Å². The maximum atomic E-state index is 12.7. The summed E-state index contributed by atoms with van der Waals surface area (Å²) >= 11 is 0. The van der Waals surface area contributed by atoms with Crippen LogP contribution in [0.25, 0.3) is 11.1 Å². The van der Waals surface area contributed by atoms with Crippen molar-refractivity contribution in [2.24, 2.45) is 5.41 Å². The van der Waals surface area contributed by atoms with Crippen molar-refractivity contribution in [2.45, 2.75) is 93.3 Å². The first kappa shape index (κ1) is 30.6. The second kappa shape index (κ2) is 11.8. The summed E-state index contributed by atoms with van der Waals surface area (Å²) < 4.78 is 12.3. The second-order valence-electron chi connectivity index (χ2n) is 13.1. The zero-order chi connectivity index (χ0) is 30.1. The number of benzene rings is 1. The van der Waals surface area contributed by atoms with E-state index in [0.29, 0.717) is 17.9 Å². The molecule has 8 heteroatoms. The number of rotatable bonds is 9. The quantitative estimate of drug-likeness (QED) is 0.293. The van der Waals surface area contributed by atoms with Crippen molar-refractivity contribution in [1.82, 2.24) is 15.2 Å². The molecule has 0 amide bonds. The number of carboxylic acid groups (broad SMARTS) is 1. The lowest BCUT2D eigenvalue weighted by Gasteiger charge is -2.41. The summed E-state index contributed by atoms with van der Waals surface area (Å²) in [6, 6.07) is 8.05. The van der Waals surface area contributed by atoms with Crippen LogP contribution < -0.4 is 9.64 Å². The number of H-pyrrole nitrogens is 1. The summed E-state index contributed by atoms with van der Waals surface area (Å²) in [5.41, 5.74) is 7.90. The highest BCUT2D eigenvalue weighted by Crippen LogP contribution is 2.45. The van der Waals surface area contributed by atoms with E-state index in [1.807, 2.05) is 72.7 Å². The number of piperidine rings is 1. The summed E-state index contributed by atoms with van der Waals surface area (Å²) in [4.78, 5) is 19.9. The first-order chi connectivity index (χ1) is 19.2. The van der Waals surface area contributed by atoms with Gasteiger partial charge in [0.1, 0.15) is 5.75 Å². The molecular weight excluding hydrogens is 516 g/mol. The van der Waals surface area contributed by atoms with Crippen LogP contribution in [-0.2, 0) is 16.0 Å². The first-order valence-corrected chi connectivity index (χ1v) is 14.6. The third kappa shape index (κ3) is 7.10. The number of pyridine rings is 1. The Bertz CT molecular complexity index is 1360. The highest BCUT2D eigenvalue weighted by Gasteiger charge is 2.36. The lowest BCUT2D eigenvalue weighted by atomic mass is 9.82. The number of carbonyl (C=O) groups is 1. The van der Waals surface area contributed by atoms with Gasteiger partial charge >= 0.3 is 5.97 Å². The smallest absolute Gasteiger partial charge is 0.337 e. The molecule has 1 unspecified atom stereocenters. The zero-order valence-electron chi connectivity index (χ0n) is 26.1. The molecule has 41 heavy (non-hydrogen) atoms. The van der Waals surface area contributed by atoms with E-state index in [-0.39, 0.29) is 5.41 Å². The van der Waals surface area contributed by atoms with Gasteiger partial charge in [0.15, 0.2) is 6.10 Å². The number of ether oxygens (including phenoxy) is 2. The normalized spacial score (nSPS) is 16.1. The highest BCUT2D eigenvalue weighted by molar-refractivity contribution is 5.88. The number of aliphatic carboxylic acids is 1. The Labute approximate surface area is 244 Å². The molecule has 4 rings (SSSR count). The fourth-order valence-corrected chi connectivity index (χ4v) is 5.69. The number of hydrogen-bond donors (Lipinski definition) is 2. The lowest BCUT2D eigenvalue weighted by Crippen LogP contribution is -2.39. The van der Waals surface area contributed by atoms with Crippen molar-refractivity contribution in [2.75, 3.05) is 24.6 Å². The van der Waals surface area contributed by atoms with Crippen LogP contribution in [0.2, 0.25) is 0 Å². The predicted octanol–water partition coefficient (Wildman–Crippen LogP) is 6.89. The van der Waals surface area contributed by atoms with Crippen molar-refractivity contribution in [3.8, 4) is 16.9 Å². The van der Waals surface area contributed by atoms with E-state index < -0.39 is 17.7 Å². The van der Waals surface area contributed by atoms with Gasteiger partial charge < -0.3 is 19.5 Å². The first-order valence-electron chi connectivity index (χ1n) is 14.6. The highest BCUT2D eigenvalue weighted by atomic mass is 16.5. The lowest BCUT2D eigenvalue weighted by molar-refractivity contribution is -0.160. The van der Waals surface area contributed by atoms with Crippen LogP contribution in [0.1, 0.15) is 87.5 Å². The van der Waals surface area contributed by atoms with Gasteiger partial charge in [0.25, 0.3) is 0 Å². The summed E-state index contributed by atoms with van der Waals surface area (Å²) in [6.45, 7) is 20.4. The second-order valence-corrected chi connectivity index (χ2v) is 13.1. The average Bonchev–Trinajstić information content (AvgIpc) is 3.19. The molecule has 1 atom stereocenters. The van der Waals surface area contributed by atoms with E-state index in [0.717, 1.165) is 72.0 Å². The minimum atomic E-state index is -1.13. The Morgan fingerprint density at radius 1 is 1.05 bits per heavy atom. The monoisotopic (exact) mass is 562 g/mol. The summed E-state index contributed by atoms with van der Waals surface area (Å²) in [5.74, 6) is -0.226. The molecule has 0 aliphatic carbocycles. The van der Waals surface area contributed by atoms with E-state index >= 15 is 0 Å². The van der Waals surface area contributed by atoms with Crippen molar-refractivity contribution in [3.05, 3.63) is 58.2 Å². The average molecular weight is 563 g/mol. The van der Waals surface area contributed by atoms with Crippen LogP contribution in [0.3, 0.4) is 0 Å². The number of nitrogens with zero attached hydrogens (tertiary/aromatic N) is 3. The minimum Gasteiger partial charge on any atom is -0.493 e. The van der Waals surface area contributed by atoms with E-state index in [1.54, 1.807) is 0 Å². The predicted molar refractivity (Wildman–Crippen MR) is 163 cm³/mol. The SMILES string of the molecule is Cc1n[nH]c(C)c1CCOc1ccc(-c2c(C)nc(C)c(C(OC(C)(C)C)C(=O)O)c2N2CCC(C)(C)CC2)cc1. The molecule has 0 bridgehead atoms. The van der Waals surface area contributed by atoms with Crippen molar-refractivity contribution < 1.29 is 19.4 Å². The number of aromatic amines is 1. The fourth-order valence-electron chi connectivity index (χ4n) is 5.69. The van der Waals surface area contributed by atoms with Crippen LogP contribution in [0.15, 0.2) is 24.3 Å². The summed E-state index contributed by atoms with van der Waals surface area (Å²) in [6.07, 6.45) is 1.68. The largest absolute Gasteiger partial charge is 0.493 e. The molecule has 1 aliphatic rings. The van der Waals surface area contributed by atoms with Crippen LogP contribution in [0, 0.1) is 33.1 Å². The number of aryl methyl sites for hydroxylation is 4. The molecule has 3 heterocycles. The third-order valence-electron chi connectivity index (χ3n) is 8.01. The van der Waals surface area contributed by atoms with Crippen LogP contribution in [-0.4, -0.2) is 51.6 Å². The Hall–Kier alpha value is -3.39. The third-order valence-corrected chi connectivity index (χ3v) is 8.01. The molecule has 1 aliphatic heterocycles. The molecule has 3 aromatic rings.